The molecule has 4 aromatic rings. The van der Waals surface area contributed by atoms with Crippen molar-refractivity contribution in [3.8, 4) is 11.5 Å². The number of rotatable bonds is 38. The molecule has 2 aliphatic heterocycles. The maximum atomic E-state index is 13.1. The molecule has 6 atom stereocenters. The van der Waals surface area contributed by atoms with Crippen LogP contribution in [0.5, 0.6) is 11.5 Å². The average Bonchev–Trinajstić information content (AvgIpc) is 3.22. The minimum Gasteiger partial charge on any atom is -0.484 e. The molecule has 84 heavy (non-hydrogen) atoms. The van der Waals surface area contributed by atoms with E-state index in [1.54, 1.807) is 48.5 Å². The van der Waals surface area contributed by atoms with Gasteiger partial charge in [-0.05, 0) is 148 Å². The number of nitrogens with zero attached hydrogens (tertiary/aromatic N) is 2. The van der Waals surface area contributed by atoms with Crippen LogP contribution in [0.4, 0.5) is 0 Å². The van der Waals surface area contributed by atoms with Gasteiger partial charge in [-0.15, -0.1) is 0 Å². The van der Waals surface area contributed by atoms with Crippen molar-refractivity contribution in [1.29, 1.82) is 0 Å². The molecule has 0 spiro atoms. The average molecular weight is 1210 g/mol. The third-order valence-corrected chi connectivity index (χ3v) is 19.0. The lowest BCUT2D eigenvalue weighted by Crippen LogP contribution is -2.46. The molecule has 0 saturated carbocycles. The second-order valence-electron chi connectivity index (χ2n) is 21.6. The molecule has 0 radical (unpaired) electrons. The van der Waals surface area contributed by atoms with Crippen molar-refractivity contribution in [3.63, 3.8) is 0 Å². The van der Waals surface area contributed by atoms with Gasteiger partial charge in [-0.25, -0.2) is 21.6 Å². The van der Waals surface area contributed by atoms with Gasteiger partial charge < -0.3 is 53.4 Å². The van der Waals surface area contributed by atoms with Crippen molar-refractivity contribution in [1.82, 2.24) is 19.8 Å². The molecule has 2 heterocycles. The van der Waals surface area contributed by atoms with Gasteiger partial charge in [0.2, 0.25) is 10.0 Å². The van der Waals surface area contributed by atoms with Gasteiger partial charge in [0.05, 0.1) is 93.7 Å². The molecule has 8 rings (SSSR count). The molecule has 2 aliphatic carbocycles. The van der Waals surface area contributed by atoms with Crippen LogP contribution in [0.15, 0.2) is 107 Å². The van der Waals surface area contributed by atoms with Gasteiger partial charge in [0, 0.05) is 32.7 Å². The highest BCUT2D eigenvalue weighted by molar-refractivity contribution is 7.91. The van der Waals surface area contributed by atoms with Crippen LogP contribution in [0.3, 0.4) is 0 Å². The Kier molecular flexibility index (Phi) is 26.2. The fourth-order valence-corrected chi connectivity index (χ4v) is 13.6. The molecule has 2 saturated heterocycles. The number of sulfonamides is 1. The predicted molar refractivity (Wildman–Crippen MR) is 314 cm³/mol. The number of fused-ring (bicyclic) bond motifs is 2. The summed E-state index contributed by atoms with van der Waals surface area (Å²) in [5, 5.41) is 22.9. The van der Waals surface area contributed by atoms with E-state index in [1.807, 2.05) is 12.1 Å². The van der Waals surface area contributed by atoms with E-state index < -0.39 is 43.8 Å². The van der Waals surface area contributed by atoms with Crippen LogP contribution in [-0.2, 0) is 70.7 Å². The molecule has 4 aromatic carbocycles. The smallest absolute Gasteiger partial charge is 0.252 e. The summed E-state index contributed by atoms with van der Waals surface area (Å²) >= 11 is 0. The van der Waals surface area contributed by atoms with Gasteiger partial charge >= 0.3 is 0 Å². The molecule has 0 aromatic heterocycles. The van der Waals surface area contributed by atoms with E-state index in [2.05, 4.69) is 56.2 Å². The molecule has 462 valence electrons. The summed E-state index contributed by atoms with van der Waals surface area (Å²) in [5.41, 5.74) is 5.00. The number of carbonyl (C=O) groups excluding carboxylic acids is 2. The van der Waals surface area contributed by atoms with E-state index in [0.29, 0.717) is 17.9 Å². The lowest BCUT2D eigenvalue weighted by molar-refractivity contribution is -0.145. The zero-order chi connectivity index (χ0) is 59.0. The predicted octanol–water partition coefficient (Wildman–Crippen LogP) is 5.18. The maximum Gasteiger partial charge on any atom is 0.252 e. The number of amides is 1. The van der Waals surface area contributed by atoms with Crippen molar-refractivity contribution < 1.29 is 74.5 Å². The number of nitrogens with one attached hydrogen (secondary N) is 2. The standard InChI is InChI=1S/C62H86N4O16S2/c67-57(17-11-32-75-36-40-79-41-37-76-33-12-44-83(71,72)51-22-18-49(19-23-51)81-60-53-15-5-3-13-47(53)45-55(60)65-28-7-1-8-29-65)58(68)59(69)62(70)63-26-34-77-38-42-80-43-39-78-35-27-64-84(73,74)52-24-20-50(21-25-52)82-61-54-16-6-4-14-48(54)46-56(61)66-30-9-2-10-31-66/h3-6,13-16,18-25,55-56,58-61,64,68-69H,1-2,7-12,17,26-46H2,(H,63,70)/t55-,56-,58-,59+,60-,61-/m0/s1. The number of carbonyl (C=O) groups is 2. The van der Waals surface area contributed by atoms with E-state index in [4.69, 9.17) is 37.9 Å². The highest BCUT2D eigenvalue weighted by Gasteiger charge is 2.40. The van der Waals surface area contributed by atoms with Gasteiger partial charge in [-0.3, -0.25) is 19.4 Å². The molecule has 0 unspecified atom stereocenters. The Morgan fingerprint density at radius 3 is 1.43 bits per heavy atom. The Bertz CT molecular complexity index is 2660. The largest absolute Gasteiger partial charge is 0.484 e. The van der Waals surface area contributed by atoms with Gasteiger partial charge in [-0.2, -0.15) is 0 Å². The third kappa shape index (κ3) is 19.5. The summed E-state index contributed by atoms with van der Waals surface area (Å²) in [7, 11) is -7.28. The summed E-state index contributed by atoms with van der Waals surface area (Å²) < 4.78 is 101. The topological polar surface area (TPSA) is 247 Å². The van der Waals surface area contributed by atoms with Crippen LogP contribution >= 0.6 is 0 Å². The molecule has 20 nitrogen and oxygen atoms in total. The highest BCUT2D eigenvalue weighted by Crippen LogP contribution is 2.41. The highest BCUT2D eigenvalue weighted by atomic mass is 32.2. The van der Waals surface area contributed by atoms with E-state index >= 15 is 0 Å². The number of ether oxygens (including phenoxy) is 8. The minimum absolute atomic E-state index is 0.0258. The van der Waals surface area contributed by atoms with E-state index in [1.165, 1.54) is 60.8 Å². The number of ketones is 1. The molecule has 2 fully saturated rings. The number of likely N-dealkylation sites (tertiary alicyclic amines) is 2. The molecule has 4 aliphatic rings. The summed E-state index contributed by atoms with van der Waals surface area (Å²) in [4.78, 5) is 30.2. The van der Waals surface area contributed by atoms with E-state index in [-0.39, 0.29) is 145 Å². The van der Waals surface area contributed by atoms with Crippen LogP contribution in [0.2, 0.25) is 0 Å². The van der Waals surface area contributed by atoms with Crippen LogP contribution in [-0.4, -0.2) is 197 Å². The molecule has 22 heteroatoms. The molecule has 1 amide bonds. The van der Waals surface area contributed by atoms with Crippen molar-refractivity contribution in [3.05, 3.63) is 119 Å². The number of sulfone groups is 1. The minimum atomic E-state index is -3.77. The van der Waals surface area contributed by atoms with Crippen LogP contribution in [0.1, 0.15) is 92.2 Å². The Hall–Kier alpha value is -4.92. The van der Waals surface area contributed by atoms with Crippen molar-refractivity contribution >= 4 is 31.6 Å². The van der Waals surface area contributed by atoms with Crippen LogP contribution in [0, 0.1) is 0 Å². The van der Waals surface area contributed by atoms with Crippen LogP contribution in [0.25, 0.3) is 0 Å². The van der Waals surface area contributed by atoms with Crippen LogP contribution < -0.4 is 19.5 Å². The summed E-state index contributed by atoms with van der Waals surface area (Å²) in [6.07, 6.45) is 5.57. The van der Waals surface area contributed by atoms with Crippen molar-refractivity contribution in [2.24, 2.45) is 0 Å². The normalized spacial score (nSPS) is 20.0. The maximum absolute atomic E-state index is 13.1. The number of aliphatic hydroxyl groups is 2. The SMILES string of the molecule is O=C(CCCOCCOCCOCCCS(=O)(=O)c1ccc(O[C@H]2c3ccccc3C[C@@H]2N2CCCCC2)cc1)[C@H](O)[C@@H](O)C(=O)NCCOCCOCCOCCNS(=O)(=O)c1ccc(O[C@H]2c3ccccc3C[C@@H]2N2CCCCC2)cc1. The lowest BCUT2D eigenvalue weighted by Gasteiger charge is -2.35. The molecular weight excluding hydrogens is 1120 g/mol. The Labute approximate surface area is 495 Å². The molecular formula is C62H86N4O16S2. The van der Waals surface area contributed by atoms with Gasteiger partial charge in [0.25, 0.3) is 5.91 Å². The number of hydrogen-bond donors (Lipinski definition) is 4. The summed E-state index contributed by atoms with van der Waals surface area (Å²) in [5.74, 6) is -0.393. The van der Waals surface area contributed by atoms with Gasteiger partial charge in [-0.1, -0.05) is 61.4 Å². The number of Topliss-reactive ketones (excluding diaryl/α,β-unsaturated/α-hetero) is 1. The molecule has 0 bridgehead atoms. The number of aliphatic hydroxyl groups excluding tert-OH is 2. The van der Waals surface area contributed by atoms with Gasteiger partial charge in [0.1, 0.15) is 29.8 Å². The zero-order valence-electron chi connectivity index (χ0n) is 48.2. The Balaban J connectivity index is 0.572. The zero-order valence-corrected chi connectivity index (χ0v) is 49.9. The number of hydrogen-bond acceptors (Lipinski definition) is 18. The van der Waals surface area contributed by atoms with E-state index in [0.717, 1.165) is 39.0 Å². The molecule has 4 N–H and O–H groups in total. The first kappa shape index (κ1) is 65.1. The van der Waals surface area contributed by atoms with E-state index in [9.17, 15) is 36.6 Å². The third-order valence-electron chi connectivity index (χ3n) is 15.7. The first-order valence-electron chi connectivity index (χ1n) is 29.9. The second kappa shape index (κ2) is 33.8. The van der Waals surface area contributed by atoms with Crippen molar-refractivity contribution in [2.75, 3.05) is 124 Å². The fraction of sp³-hybridized carbons (Fsp3) is 0.581. The lowest BCUT2D eigenvalue weighted by atomic mass is 10.0. The first-order valence-corrected chi connectivity index (χ1v) is 33.0. The van der Waals surface area contributed by atoms with Gasteiger partial charge in [0.15, 0.2) is 21.7 Å². The summed E-state index contributed by atoms with van der Waals surface area (Å²) in [6, 6.07) is 30.6. The number of benzene rings is 4. The Morgan fingerprint density at radius 2 is 0.929 bits per heavy atom. The van der Waals surface area contributed by atoms with Crippen molar-refractivity contribution in [2.45, 2.75) is 117 Å². The summed E-state index contributed by atoms with van der Waals surface area (Å²) in [6.45, 7) is 7.05. The first-order chi connectivity index (χ1) is 40.9. The number of piperidine rings is 2. The quantitative estimate of drug-likeness (QED) is 0.0423. The monoisotopic (exact) mass is 1210 g/mol. The second-order valence-corrected chi connectivity index (χ2v) is 25.5. The fourth-order valence-electron chi connectivity index (χ4n) is 11.3. The Morgan fingerprint density at radius 1 is 0.500 bits per heavy atom.